The van der Waals surface area contributed by atoms with Crippen LogP contribution in [0.4, 0.5) is 0 Å². The second kappa shape index (κ2) is 11.4. The third-order valence-electron chi connectivity index (χ3n) is 4.97. The van der Waals surface area contributed by atoms with E-state index in [2.05, 4.69) is 5.32 Å². The van der Waals surface area contributed by atoms with Crippen molar-refractivity contribution in [2.45, 2.75) is 58.2 Å². The predicted molar refractivity (Wildman–Crippen MR) is 110 cm³/mol. The molecular weight excluding hydrogens is 388 g/mol. The van der Waals surface area contributed by atoms with E-state index in [1.165, 1.54) is 4.90 Å². The molecule has 1 saturated heterocycles. The normalized spacial score (nSPS) is 17.8. The third-order valence-corrected chi connectivity index (χ3v) is 4.97. The summed E-state index contributed by atoms with van der Waals surface area (Å²) in [7, 11) is 0. The highest BCUT2D eigenvalue weighted by Crippen LogP contribution is 2.20. The van der Waals surface area contributed by atoms with Crippen LogP contribution in [0.2, 0.25) is 0 Å². The van der Waals surface area contributed by atoms with Gasteiger partial charge in [0.25, 0.3) is 0 Å². The largest absolute Gasteiger partial charge is 0.465 e. The van der Waals surface area contributed by atoms with E-state index in [4.69, 9.17) is 9.47 Å². The van der Waals surface area contributed by atoms with Crippen molar-refractivity contribution in [1.82, 2.24) is 10.2 Å². The number of hydrogen-bond acceptors (Lipinski definition) is 7. The number of carbonyl (C=O) groups excluding carboxylic acids is 4. The molecule has 3 atom stereocenters. The van der Waals surface area contributed by atoms with Crippen molar-refractivity contribution in [3.8, 4) is 0 Å². The molecular formula is C22H30N2O6. The molecule has 2 rings (SSSR count). The number of ether oxygens (including phenoxy) is 2. The number of benzene rings is 1. The van der Waals surface area contributed by atoms with Gasteiger partial charge in [-0.2, -0.15) is 0 Å². The number of rotatable bonds is 10. The smallest absolute Gasteiger partial charge is 0.328 e. The van der Waals surface area contributed by atoms with E-state index < -0.39 is 30.1 Å². The molecule has 0 radical (unpaired) electrons. The molecule has 1 heterocycles. The Bertz CT molecular complexity index is 751. The maximum absolute atomic E-state index is 13.0. The zero-order valence-corrected chi connectivity index (χ0v) is 17.8. The number of amides is 1. The Morgan fingerprint density at radius 3 is 2.40 bits per heavy atom. The van der Waals surface area contributed by atoms with Gasteiger partial charge >= 0.3 is 11.9 Å². The van der Waals surface area contributed by atoms with E-state index in [-0.39, 0.29) is 31.3 Å². The molecule has 30 heavy (non-hydrogen) atoms. The SMILES string of the molecule is CCOC(=O)C(CC(=O)c1ccccc1)N[C@@H](C)C(=O)N1CCC[C@H]1C(=O)OCC. The van der Waals surface area contributed by atoms with E-state index in [0.29, 0.717) is 24.9 Å². The average molecular weight is 418 g/mol. The fraction of sp³-hybridized carbons (Fsp3) is 0.545. The molecule has 1 aliphatic heterocycles. The fourth-order valence-electron chi connectivity index (χ4n) is 3.52. The summed E-state index contributed by atoms with van der Waals surface area (Å²) in [6.45, 7) is 5.87. The summed E-state index contributed by atoms with van der Waals surface area (Å²) >= 11 is 0. The van der Waals surface area contributed by atoms with Crippen LogP contribution in [0.15, 0.2) is 30.3 Å². The van der Waals surface area contributed by atoms with Gasteiger partial charge in [0.2, 0.25) is 5.91 Å². The molecule has 8 nitrogen and oxygen atoms in total. The van der Waals surface area contributed by atoms with Crippen LogP contribution < -0.4 is 5.32 Å². The molecule has 1 fully saturated rings. The number of ketones is 1. The second-order valence-electron chi connectivity index (χ2n) is 7.13. The number of likely N-dealkylation sites (tertiary alicyclic amines) is 1. The first-order valence-corrected chi connectivity index (χ1v) is 10.4. The van der Waals surface area contributed by atoms with Gasteiger partial charge < -0.3 is 14.4 Å². The van der Waals surface area contributed by atoms with E-state index in [1.54, 1.807) is 51.1 Å². The van der Waals surface area contributed by atoms with Gasteiger partial charge in [0.1, 0.15) is 12.1 Å². The van der Waals surface area contributed by atoms with Gasteiger partial charge in [-0.15, -0.1) is 0 Å². The molecule has 8 heteroatoms. The van der Waals surface area contributed by atoms with Crippen molar-refractivity contribution >= 4 is 23.6 Å². The molecule has 1 amide bonds. The number of nitrogens with zero attached hydrogens (tertiary/aromatic N) is 1. The Kier molecular flexibility index (Phi) is 8.98. The van der Waals surface area contributed by atoms with E-state index in [0.717, 1.165) is 0 Å². The summed E-state index contributed by atoms with van der Waals surface area (Å²) in [5, 5.41) is 2.93. The van der Waals surface area contributed by atoms with Crippen LogP contribution >= 0.6 is 0 Å². The highest BCUT2D eigenvalue weighted by atomic mass is 16.5. The lowest BCUT2D eigenvalue weighted by Gasteiger charge is -2.28. The molecule has 0 bridgehead atoms. The number of Topliss-reactive ketones (excluding diaryl/α,β-unsaturated/α-hetero) is 1. The highest BCUT2D eigenvalue weighted by molar-refractivity contribution is 5.99. The Balaban J connectivity index is 2.08. The van der Waals surface area contributed by atoms with Gasteiger partial charge in [-0.1, -0.05) is 30.3 Å². The third kappa shape index (κ3) is 6.13. The Morgan fingerprint density at radius 1 is 1.10 bits per heavy atom. The summed E-state index contributed by atoms with van der Waals surface area (Å²) in [5.74, 6) is -1.56. The molecule has 0 aromatic heterocycles. The van der Waals surface area contributed by atoms with Crippen molar-refractivity contribution in [2.75, 3.05) is 19.8 Å². The quantitative estimate of drug-likeness (QED) is 0.456. The average Bonchev–Trinajstić information content (AvgIpc) is 3.23. The topological polar surface area (TPSA) is 102 Å². The Hall–Kier alpha value is -2.74. The highest BCUT2D eigenvalue weighted by Gasteiger charge is 2.38. The molecule has 1 aliphatic rings. The first-order valence-electron chi connectivity index (χ1n) is 10.4. The maximum Gasteiger partial charge on any atom is 0.328 e. The van der Waals surface area contributed by atoms with Crippen LogP contribution in [0.3, 0.4) is 0 Å². The molecule has 1 unspecified atom stereocenters. The van der Waals surface area contributed by atoms with Crippen molar-refractivity contribution < 1.29 is 28.7 Å². The Labute approximate surface area is 176 Å². The minimum atomic E-state index is -0.972. The van der Waals surface area contributed by atoms with Crippen LogP contribution in [-0.4, -0.2) is 66.4 Å². The minimum Gasteiger partial charge on any atom is -0.465 e. The number of hydrogen-bond donors (Lipinski definition) is 1. The van der Waals surface area contributed by atoms with Gasteiger partial charge in [-0.25, -0.2) is 4.79 Å². The maximum atomic E-state index is 13.0. The van der Waals surface area contributed by atoms with Crippen molar-refractivity contribution in [3.63, 3.8) is 0 Å². The van der Waals surface area contributed by atoms with Crippen molar-refractivity contribution in [1.29, 1.82) is 0 Å². The predicted octanol–water partition coefficient (Wildman–Crippen LogP) is 1.72. The monoisotopic (exact) mass is 418 g/mol. The molecule has 0 spiro atoms. The van der Waals surface area contributed by atoms with Crippen molar-refractivity contribution in [2.24, 2.45) is 0 Å². The summed E-state index contributed by atoms with van der Waals surface area (Å²) in [5.41, 5.74) is 0.481. The fourth-order valence-corrected chi connectivity index (χ4v) is 3.52. The van der Waals surface area contributed by atoms with Gasteiger partial charge in [0, 0.05) is 18.5 Å². The summed E-state index contributed by atoms with van der Waals surface area (Å²) in [6, 6.07) is 6.27. The van der Waals surface area contributed by atoms with Gasteiger partial charge in [0.05, 0.1) is 19.3 Å². The number of nitrogens with one attached hydrogen (secondary N) is 1. The molecule has 0 aliphatic carbocycles. The van der Waals surface area contributed by atoms with Gasteiger partial charge in [-0.05, 0) is 33.6 Å². The van der Waals surface area contributed by atoms with E-state index >= 15 is 0 Å². The summed E-state index contributed by atoms with van der Waals surface area (Å²) < 4.78 is 10.2. The molecule has 1 aromatic rings. The number of carbonyl (C=O) groups is 4. The zero-order valence-electron chi connectivity index (χ0n) is 17.8. The van der Waals surface area contributed by atoms with E-state index in [9.17, 15) is 19.2 Å². The first kappa shape index (κ1) is 23.5. The van der Waals surface area contributed by atoms with Crippen LogP contribution in [0.1, 0.15) is 50.4 Å². The minimum absolute atomic E-state index is 0.137. The lowest BCUT2D eigenvalue weighted by Crippen LogP contribution is -2.53. The second-order valence-corrected chi connectivity index (χ2v) is 7.13. The Morgan fingerprint density at radius 2 is 1.77 bits per heavy atom. The van der Waals surface area contributed by atoms with Crippen LogP contribution in [0, 0.1) is 0 Å². The molecule has 164 valence electrons. The zero-order chi connectivity index (χ0) is 22.1. The van der Waals surface area contributed by atoms with Crippen molar-refractivity contribution in [3.05, 3.63) is 35.9 Å². The van der Waals surface area contributed by atoms with Crippen LogP contribution in [0.25, 0.3) is 0 Å². The standard InChI is InChI=1S/C22H30N2O6/c1-4-29-21(27)17(14-19(25)16-10-7-6-8-11-16)23-15(3)20(26)24-13-9-12-18(24)22(28)30-5-2/h6-8,10-11,15,17-18,23H,4-5,9,12-14H2,1-3H3/t15-,17?,18-/m0/s1. The first-order chi connectivity index (χ1) is 14.4. The number of esters is 2. The van der Waals surface area contributed by atoms with Crippen LogP contribution in [0.5, 0.6) is 0 Å². The molecule has 1 N–H and O–H groups in total. The van der Waals surface area contributed by atoms with E-state index in [1.807, 2.05) is 0 Å². The lowest BCUT2D eigenvalue weighted by atomic mass is 10.0. The summed E-state index contributed by atoms with van der Waals surface area (Å²) in [4.78, 5) is 51.6. The van der Waals surface area contributed by atoms with Gasteiger partial charge in [-0.3, -0.25) is 19.7 Å². The lowest BCUT2D eigenvalue weighted by molar-refractivity contribution is -0.154. The molecule has 0 saturated carbocycles. The van der Waals surface area contributed by atoms with Gasteiger partial charge in [0.15, 0.2) is 5.78 Å². The van der Waals surface area contributed by atoms with Crippen LogP contribution in [-0.2, 0) is 23.9 Å². The molecule has 1 aromatic carbocycles. The summed E-state index contributed by atoms with van der Waals surface area (Å²) in [6.07, 6.45) is 1.11.